The number of hydrogen-bond acceptors (Lipinski definition) is 9. The van der Waals surface area contributed by atoms with Gasteiger partial charge in [-0.25, -0.2) is 19.2 Å². The van der Waals surface area contributed by atoms with Gasteiger partial charge in [-0.1, -0.05) is 0 Å². The minimum atomic E-state index is -1.53. The molecule has 2 fully saturated rings. The van der Waals surface area contributed by atoms with E-state index in [9.17, 15) is 9.18 Å². The number of H-pyrrole nitrogens is 1. The number of imidazole rings is 1. The molecule has 0 unspecified atom stereocenters. The van der Waals surface area contributed by atoms with E-state index >= 15 is 0 Å². The quantitative estimate of drug-likeness (QED) is 0.317. The number of nitrogens with one attached hydrogen (secondary N) is 3. The van der Waals surface area contributed by atoms with Gasteiger partial charge in [-0.15, -0.1) is 0 Å². The second-order valence-corrected chi connectivity index (χ2v) is 9.84. The predicted octanol–water partition coefficient (Wildman–Crippen LogP) is 2.36. The van der Waals surface area contributed by atoms with Crippen molar-refractivity contribution in [3.8, 4) is 0 Å². The summed E-state index contributed by atoms with van der Waals surface area (Å²) in [5, 5.41) is 17.1. The molecule has 0 spiro atoms. The summed E-state index contributed by atoms with van der Waals surface area (Å²) in [5.74, 6) is 0.964. The molecule has 14 heteroatoms. The minimum Gasteiger partial charge on any atom is -0.441 e. The van der Waals surface area contributed by atoms with Gasteiger partial charge in [0.15, 0.2) is 18.1 Å². The summed E-state index contributed by atoms with van der Waals surface area (Å²) in [5.41, 5.74) is 2.10. The number of halogens is 1. The second-order valence-electron chi connectivity index (χ2n) is 9.84. The SMILES string of the molecule is CC(C)NC(=O)O[C@H]1CO[C@@H](c2cc(Nc3nccc4nc(CN5CC(n6cccn6)C5)cn34)n[nH]2)[C@@H]1F. The minimum absolute atomic E-state index is 0.0441. The highest BCUT2D eigenvalue weighted by atomic mass is 19.1. The first-order chi connectivity index (χ1) is 18.4. The van der Waals surface area contributed by atoms with Crippen molar-refractivity contribution in [3.63, 3.8) is 0 Å². The number of likely N-dealkylation sites (tertiary alicyclic amines) is 1. The highest BCUT2D eigenvalue weighted by molar-refractivity contribution is 5.67. The molecule has 13 nitrogen and oxygen atoms in total. The fourth-order valence-electron chi connectivity index (χ4n) is 4.71. The van der Waals surface area contributed by atoms with Crippen molar-refractivity contribution in [3.05, 3.63) is 54.4 Å². The van der Waals surface area contributed by atoms with Crippen LogP contribution < -0.4 is 10.6 Å². The average molecular weight is 525 g/mol. The molecule has 1 amide bonds. The lowest BCUT2D eigenvalue weighted by Crippen LogP contribution is -2.47. The Morgan fingerprint density at radius 2 is 2.21 bits per heavy atom. The summed E-state index contributed by atoms with van der Waals surface area (Å²) in [6.45, 7) is 6.11. The first kappa shape index (κ1) is 24.3. The summed E-state index contributed by atoms with van der Waals surface area (Å²) in [6.07, 6.45) is 3.26. The zero-order valence-corrected chi connectivity index (χ0v) is 21.0. The van der Waals surface area contributed by atoms with Crippen molar-refractivity contribution in [2.24, 2.45) is 0 Å². The number of nitrogens with zero attached hydrogens (tertiary/aromatic N) is 7. The topological polar surface area (TPSA) is 140 Å². The third-order valence-electron chi connectivity index (χ3n) is 6.55. The first-order valence-electron chi connectivity index (χ1n) is 12.5. The molecule has 38 heavy (non-hydrogen) atoms. The maximum absolute atomic E-state index is 15.0. The van der Waals surface area contributed by atoms with Gasteiger partial charge < -0.3 is 20.1 Å². The molecule has 4 aromatic rings. The molecular formula is C24H29FN10O3. The van der Waals surface area contributed by atoms with Crippen LogP contribution in [0.15, 0.2) is 43.0 Å². The fourth-order valence-corrected chi connectivity index (χ4v) is 4.71. The number of carbonyl (C=O) groups excluding carboxylic acids is 1. The highest BCUT2D eigenvalue weighted by Crippen LogP contribution is 2.33. The van der Waals surface area contributed by atoms with E-state index < -0.39 is 24.5 Å². The van der Waals surface area contributed by atoms with Crippen LogP contribution in [0.25, 0.3) is 5.65 Å². The number of carbonyl (C=O) groups is 1. The smallest absolute Gasteiger partial charge is 0.407 e. The first-order valence-corrected chi connectivity index (χ1v) is 12.5. The normalized spacial score (nSPS) is 22.2. The number of alkyl halides is 1. The third kappa shape index (κ3) is 4.91. The van der Waals surface area contributed by atoms with Crippen molar-refractivity contribution in [1.82, 2.24) is 44.6 Å². The van der Waals surface area contributed by atoms with E-state index in [0.717, 1.165) is 31.0 Å². The van der Waals surface area contributed by atoms with Gasteiger partial charge in [0.1, 0.15) is 11.8 Å². The van der Waals surface area contributed by atoms with Crippen LogP contribution in [0.1, 0.15) is 37.4 Å². The lowest BCUT2D eigenvalue weighted by Gasteiger charge is -2.38. The molecule has 0 saturated carbocycles. The monoisotopic (exact) mass is 524 g/mol. The second kappa shape index (κ2) is 10.0. The van der Waals surface area contributed by atoms with Gasteiger partial charge in [-0.2, -0.15) is 10.2 Å². The summed E-state index contributed by atoms with van der Waals surface area (Å²) in [4.78, 5) is 23.3. The predicted molar refractivity (Wildman–Crippen MR) is 134 cm³/mol. The molecule has 200 valence electrons. The molecule has 2 saturated heterocycles. The number of ether oxygens (including phenoxy) is 2. The Hall–Kier alpha value is -4.04. The third-order valence-corrected chi connectivity index (χ3v) is 6.55. The molecule has 2 aliphatic heterocycles. The van der Waals surface area contributed by atoms with Crippen LogP contribution in [0, 0.1) is 0 Å². The molecule has 6 heterocycles. The Morgan fingerprint density at radius 1 is 1.34 bits per heavy atom. The van der Waals surface area contributed by atoms with Crippen LogP contribution in [-0.2, 0) is 16.0 Å². The lowest BCUT2D eigenvalue weighted by molar-refractivity contribution is 0.0615. The average Bonchev–Trinajstić information content (AvgIpc) is 3.64. The van der Waals surface area contributed by atoms with Gasteiger partial charge >= 0.3 is 6.09 Å². The van der Waals surface area contributed by atoms with Crippen molar-refractivity contribution >= 4 is 23.5 Å². The van der Waals surface area contributed by atoms with Crippen LogP contribution in [0.3, 0.4) is 0 Å². The Balaban J connectivity index is 1.09. The summed E-state index contributed by atoms with van der Waals surface area (Å²) in [6, 6.07) is 5.71. The molecule has 3 N–H and O–H groups in total. The molecule has 0 bridgehead atoms. The van der Waals surface area contributed by atoms with Gasteiger partial charge in [0.05, 0.1) is 24.0 Å². The summed E-state index contributed by atoms with van der Waals surface area (Å²) < 4.78 is 29.6. The maximum atomic E-state index is 15.0. The Morgan fingerprint density at radius 3 is 3.00 bits per heavy atom. The van der Waals surface area contributed by atoms with E-state index in [1.54, 1.807) is 32.3 Å². The van der Waals surface area contributed by atoms with Gasteiger partial charge in [-0.3, -0.25) is 19.1 Å². The molecule has 2 aliphatic rings. The van der Waals surface area contributed by atoms with Crippen molar-refractivity contribution in [2.75, 3.05) is 25.0 Å². The maximum Gasteiger partial charge on any atom is 0.407 e. The van der Waals surface area contributed by atoms with Crippen LogP contribution in [0.5, 0.6) is 0 Å². The van der Waals surface area contributed by atoms with Gasteiger partial charge in [-0.05, 0) is 26.0 Å². The van der Waals surface area contributed by atoms with Crippen molar-refractivity contribution in [2.45, 2.75) is 50.9 Å². The number of aromatic nitrogens is 7. The van der Waals surface area contributed by atoms with E-state index in [4.69, 9.17) is 14.5 Å². The van der Waals surface area contributed by atoms with Crippen molar-refractivity contribution < 1.29 is 18.7 Å². The van der Waals surface area contributed by atoms with E-state index in [0.29, 0.717) is 23.5 Å². The van der Waals surface area contributed by atoms with Crippen LogP contribution >= 0.6 is 0 Å². The molecule has 0 aromatic carbocycles. The number of alkyl carbamates (subject to hydrolysis) is 1. The van der Waals surface area contributed by atoms with Gasteiger partial charge in [0.2, 0.25) is 5.95 Å². The van der Waals surface area contributed by atoms with E-state index in [2.05, 4.69) is 35.8 Å². The molecular weight excluding hydrogens is 495 g/mol. The molecule has 0 aliphatic carbocycles. The summed E-state index contributed by atoms with van der Waals surface area (Å²) in [7, 11) is 0. The number of fused-ring (bicyclic) bond motifs is 1. The molecule has 0 radical (unpaired) electrons. The Labute approximate surface area is 217 Å². The summed E-state index contributed by atoms with van der Waals surface area (Å²) >= 11 is 0. The zero-order chi connectivity index (χ0) is 26.2. The molecule has 6 rings (SSSR count). The number of hydrogen-bond donors (Lipinski definition) is 3. The van der Waals surface area contributed by atoms with Gasteiger partial charge in [0.25, 0.3) is 0 Å². The van der Waals surface area contributed by atoms with Crippen LogP contribution in [0.2, 0.25) is 0 Å². The number of amides is 1. The lowest BCUT2D eigenvalue weighted by atomic mass is 10.1. The van der Waals surface area contributed by atoms with Crippen LogP contribution in [0.4, 0.5) is 21.0 Å². The number of rotatable bonds is 8. The molecule has 4 aromatic heterocycles. The largest absolute Gasteiger partial charge is 0.441 e. The van der Waals surface area contributed by atoms with Crippen LogP contribution in [-0.4, -0.2) is 83.4 Å². The fraction of sp³-hybridized carbons (Fsp3) is 0.458. The highest BCUT2D eigenvalue weighted by Gasteiger charge is 2.42. The zero-order valence-electron chi connectivity index (χ0n) is 21.0. The Kier molecular flexibility index (Phi) is 6.41. The molecule has 3 atom stereocenters. The number of aromatic amines is 1. The Bertz CT molecular complexity index is 1400. The standard InChI is InChI=1S/C24H29FN10O3/c1-14(2)28-24(36)38-18-13-37-22(21(18)25)17-8-19(32-31-17)30-23-26-6-4-20-29-15(10-34(20)23)9-33-11-16(12-33)35-7-3-5-27-35/h3-8,10,14,16,18,21-22H,9,11-13H2,1-2H3,(H,28,36)(H2,26,30,31,32)/t18-,21+,22-/m0/s1. The van der Waals surface area contributed by atoms with E-state index in [1.807, 2.05) is 33.6 Å². The van der Waals surface area contributed by atoms with E-state index in [-0.39, 0.29) is 12.6 Å². The van der Waals surface area contributed by atoms with E-state index in [1.165, 1.54) is 0 Å². The van der Waals surface area contributed by atoms with Gasteiger partial charge in [0, 0.05) is 56.5 Å². The number of anilines is 2. The van der Waals surface area contributed by atoms with Crippen molar-refractivity contribution in [1.29, 1.82) is 0 Å².